The van der Waals surface area contributed by atoms with Gasteiger partial charge in [-0.05, 0) is 20.0 Å². The van der Waals surface area contributed by atoms with Crippen molar-refractivity contribution in [2.24, 2.45) is 0 Å². The maximum absolute atomic E-state index is 10.3. The fourth-order valence-corrected chi connectivity index (χ4v) is 2.75. The van der Waals surface area contributed by atoms with Crippen molar-refractivity contribution in [1.82, 2.24) is 15.0 Å². The normalized spacial score (nSPS) is 12.0. The molecule has 0 amide bonds. The highest BCUT2D eigenvalue weighted by atomic mass is 16.5. The lowest BCUT2D eigenvalue weighted by Gasteiger charge is -2.22. The molecule has 0 spiro atoms. The molecule has 0 aliphatic heterocycles. The smallest absolute Gasteiger partial charge is 0.336 e. The highest BCUT2D eigenvalue weighted by Crippen LogP contribution is 2.21. The van der Waals surface area contributed by atoms with Crippen molar-refractivity contribution in [2.45, 2.75) is 45.3 Å². The van der Waals surface area contributed by atoms with Gasteiger partial charge in [0, 0.05) is 5.56 Å². The molecule has 1 aromatic carbocycles. The van der Waals surface area contributed by atoms with Gasteiger partial charge in [-0.1, -0.05) is 49.3 Å². The van der Waals surface area contributed by atoms with E-state index >= 15 is 0 Å². The number of aromatic nitrogens is 2. The number of aliphatic carboxylic acids is 3. The summed E-state index contributed by atoms with van der Waals surface area (Å²) in [4.78, 5) is 37.2. The number of hydrogen-bond acceptors (Lipinski definition) is 8. The number of nitrogens with zero attached hydrogens (tertiary/aromatic N) is 3. The summed E-state index contributed by atoms with van der Waals surface area (Å²) in [5.74, 6) is -3.68. The lowest BCUT2D eigenvalue weighted by molar-refractivity contribution is -0.170. The summed E-state index contributed by atoms with van der Waals surface area (Å²) in [5, 5.41) is 37.9. The number of benzene rings is 1. The average molecular weight is 437 g/mol. The Morgan fingerprint density at radius 2 is 1.55 bits per heavy atom. The van der Waals surface area contributed by atoms with Crippen LogP contribution in [0.3, 0.4) is 0 Å². The molecule has 11 nitrogen and oxygen atoms in total. The van der Waals surface area contributed by atoms with Gasteiger partial charge < -0.3 is 24.9 Å². The molecular formula is C20H27N3O8. The van der Waals surface area contributed by atoms with Crippen LogP contribution in [0.15, 0.2) is 34.9 Å². The molecule has 1 heterocycles. The third-order valence-electron chi connectivity index (χ3n) is 4.48. The molecule has 1 aromatic heterocycles. The second-order valence-corrected chi connectivity index (χ2v) is 6.70. The van der Waals surface area contributed by atoms with Crippen molar-refractivity contribution in [3.05, 3.63) is 36.2 Å². The molecule has 11 heteroatoms. The molecule has 0 aliphatic carbocycles. The minimum atomic E-state index is -2.74. The second kappa shape index (κ2) is 11.8. The SMILES string of the molecule is CCN(CC)C(C)c1nc(-c2ccccc2)no1.O=C(O)CC(O)(CC(=O)O)C(=O)O. The summed E-state index contributed by atoms with van der Waals surface area (Å²) in [5.41, 5.74) is -1.75. The first-order chi connectivity index (χ1) is 14.5. The molecular weight excluding hydrogens is 410 g/mol. The Kier molecular flexibility index (Phi) is 9.77. The number of carboxylic acid groups (broad SMARTS) is 3. The molecule has 1 unspecified atom stereocenters. The van der Waals surface area contributed by atoms with E-state index in [1.807, 2.05) is 30.3 Å². The van der Waals surface area contributed by atoms with Crippen LogP contribution in [0.2, 0.25) is 0 Å². The van der Waals surface area contributed by atoms with Crippen LogP contribution in [0.25, 0.3) is 11.4 Å². The number of carboxylic acids is 3. The zero-order valence-electron chi connectivity index (χ0n) is 17.6. The number of aliphatic hydroxyl groups is 1. The van der Waals surface area contributed by atoms with Crippen molar-refractivity contribution >= 4 is 17.9 Å². The first-order valence-corrected chi connectivity index (χ1v) is 9.56. The molecule has 0 saturated heterocycles. The van der Waals surface area contributed by atoms with E-state index in [4.69, 9.17) is 24.9 Å². The van der Waals surface area contributed by atoms with E-state index in [2.05, 4.69) is 35.8 Å². The molecule has 31 heavy (non-hydrogen) atoms. The van der Waals surface area contributed by atoms with Crippen LogP contribution in [0.5, 0.6) is 0 Å². The maximum Gasteiger partial charge on any atom is 0.336 e. The second-order valence-electron chi connectivity index (χ2n) is 6.70. The van der Waals surface area contributed by atoms with E-state index in [-0.39, 0.29) is 6.04 Å². The first kappa shape index (κ1) is 25.7. The van der Waals surface area contributed by atoms with Crippen LogP contribution < -0.4 is 0 Å². The van der Waals surface area contributed by atoms with Gasteiger partial charge in [0.1, 0.15) is 0 Å². The van der Waals surface area contributed by atoms with Gasteiger partial charge in [-0.2, -0.15) is 4.98 Å². The monoisotopic (exact) mass is 437 g/mol. The van der Waals surface area contributed by atoms with Crippen LogP contribution in [-0.4, -0.2) is 72.1 Å². The Balaban J connectivity index is 0.000000330. The van der Waals surface area contributed by atoms with Crippen molar-refractivity contribution < 1.29 is 39.3 Å². The number of rotatable bonds is 10. The van der Waals surface area contributed by atoms with Gasteiger partial charge in [0.05, 0.1) is 18.9 Å². The van der Waals surface area contributed by atoms with E-state index < -0.39 is 36.4 Å². The summed E-state index contributed by atoms with van der Waals surface area (Å²) in [7, 11) is 0. The molecule has 0 fully saturated rings. The van der Waals surface area contributed by atoms with Gasteiger partial charge in [0.2, 0.25) is 11.7 Å². The minimum absolute atomic E-state index is 0.157. The van der Waals surface area contributed by atoms with E-state index in [9.17, 15) is 14.4 Å². The van der Waals surface area contributed by atoms with Crippen molar-refractivity contribution in [3.63, 3.8) is 0 Å². The van der Waals surface area contributed by atoms with Crippen LogP contribution in [-0.2, 0) is 14.4 Å². The van der Waals surface area contributed by atoms with Gasteiger partial charge in [-0.15, -0.1) is 0 Å². The average Bonchev–Trinajstić information content (AvgIpc) is 3.19. The standard InChI is InChI=1S/C14H19N3O.C6H8O7/c1-4-17(5-2)11(3)14-15-13(16-18-14)12-9-7-6-8-10-12;7-3(8)1-6(13,5(11)12)2-4(9)10/h6-11H,4-5H2,1-3H3;13H,1-2H2,(H,7,8)(H,9,10)(H,11,12). The van der Waals surface area contributed by atoms with Crippen molar-refractivity contribution in [2.75, 3.05) is 13.1 Å². The largest absolute Gasteiger partial charge is 0.481 e. The van der Waals surface area contributed by atoms with Crippen LogP contribution in [0.1, 0.15) is 45.5 Å². The van der Waals surface area contributed by atoms with Gasteiger partial charge in [-0.3, -0.25) is 14.5 Å². The molecule has 0 aliphatic rings. The lowest BCUT2D eigenvalue weighted by Crippen LogP contribution is -2.42. The molecule has 2 aromatic rings. The lowest BCUT2D eigenvalue weighted by atomic mass is 9.96. The Hall–Kier alpha value is -3.31. The van der Waals surface area contributed by atoms with Crippen LogP contribution in [0, 0.1) is 0 Å². The van der Waals surface area contributed by atoms with Gasteiger partial charge >= 0.3 is 17.9 Å². The zero-order chi connectivity index (χ0) is 23.6. The van der Waals surface area contributed by atoms with Gasteiger partial charge in [0.15, 0.2) is 5.60 Å². The van der Waals surface area contributed by atoms with Gasteiger partial charge in [0.25, 0.3) is 0 Å². The maximum atomic E-state index is 10.3. The van der Waals surface area contributed by atoms with Crippen molar-refractivity contribution in [1.29, 1.82) is 0 Å². The summed E-state index contributed by atoms with van der Waals surface area (Å²) in [6, 6.07) is 10.0. The third-order valence-corrected chi connectivity index (χ3v) is 4.48. The quantitative estimate of drug-likeness (QED) is 0.427. The predicted molar refractivity (Wildman–Crippen MR) is 108 cm³/mol. The molecule has 0 saturated carbocycles. The summed E-state index contributed by atoms with van der Waals surface area (Å²) < 4.78 is 5.36. The fourth-order valence-electron chi connectivity index (χ4n) is 2.75. The molecule has 4 N–H and O–H groups in total. The van der Waals surface area contributed by atoms with Crippen LogP contribution in [0.4, 0.5) is 0 Å². The van der Waals surface area contributed by atoms with Crippen LogP contribution >= 0.6 is 0 Å². The Morgan fingerprint density at radius 1 is 1.03 bits per heavy atom. The highest BCUT2D eigenvalue weighted by molar-refractivity contribution is 5.88. The highest BCUT2D eigenvalue weighted by Gasteiger charge is 2.40. The summed E-state index contributed by atoms with van der Waals surface area (Å²) in [6.07, 6.45) is -2.29. The van der Waals surface area contributed by atoms with E-state index in [0.29, 0.717) is 11.7 Å². The minimum Gasteiger partial charge on any atom is -0.481 e. The zero-order valence-corrected chi connectivity index (χ0v) is 17.6. The molecule has 170 valence electrons. The topological polar surface area (TPSA) is 174 Å². The predicted octanol–water partition coefficient (Wildman–Crippen LogP) is 1.89. The Bertz CT molecular complexity index is 848. The van der Waals surface area contributed by atoms with E-state index in [0.717, 1.165) is 18.7 Å². The summed E-state index contributed by atoms with van der Waals surface area (Å²) >= 11 is 0. The molecule has 1 atom stereocenters. The summed E-state index contributed by atoms with van der Waals surface area (Å²) in [6.45, 7) is 8.31. The number of hydrogen-bond donors (Lipinski definition) is 4. The Morgan fingerprint density at radius 3 is 1.97 bits per heavy atom. The van der Waals surface area contributed by atoms with E-state index in [1.54, 1.807) is 0 Å². The van der Waals surface area contributed by atoms with Crippen molar-refractivity contribution in [3.8, 4) is 11.4 Å². The molecule has 0 radical (unpaired) electrons. The molecule has 0 bridgehead atoms. The van der Waals surface area contributed by atoms with Gasteiger partial charge in [-0.25, -0.2) is 4.79 Å². The third kappa shape index (κ3) is 7.79. The number of carbonyl (C=O) groups is 3. The first-order valence-electron chi connectivity index (χ1n) is 9.56. The van der Waals surface area contributed by atoms with E-state index in [1.165, 1.54) is 0 Å². The fraction of sp³-hybridized carbons (Fsp3) is 0.450. The molecule has 2 rings (SSSR count). The Labute approximate surface area is 178 Å².